The maximum atomic E-state index is 13.4. The van der Waals surface area contributed by atoms with E-state index in [1.807, 2.05) is 29.6 Å². The van der Waals surface area contributed by atoms with E-state index in [4.69, 9.17) is 5.73 Å². The van der Waals surface area contributed by atoms with Crippen molar-refractivity contribution >= 4 is 45.2 Å². The number of hydrogen-bond acceptors (Lipinski definition) is 6. The molecule has 182 valence electrons. The van der Waals surface area contributed by atoms with Crippen LogP contribution in [-0.4, -0.2) is 38.3 Å². The molecule has 3 aromatic heterocycles. The number of carbonyl (C=O) groups is 2. The van der Waals surface area contributed by atoms with Crippen LogP contribution in [0.1, 0.15) is 38.9 Å². The summed E-state index contributed by atoms with van der Waals surface area (Å²) in [6.07, 6.45) is 1.59. The van der Waals surface area contributed by atoms with Crippen molar-refractivity contribution in [3.05, 3.63) is 95.1 Å². The zero-order valence-electron chi connectivity index (χ0n) is 20.1. The molecule has 5 aromatic rings. The van der Waals surface area contributed by atoms with Gasteiger partial charge < -0.3 is 10.6 Å². The number of rotatable bonds is 6. The molecule has 1 amide bonds. The third-order valence-electron chi connectivity index (χ3n) is 6.73. The van der Waals surface area contributed by atoms with Gasteiger partial charge in [-0.1, -0.05) is 24.8 Å². The fraction of sp³-hybridized carbons (Fsp3) is 0.103. The van der Waals surface area contributed by atoms with E-state index in [0.717, 1.165) is 49.3 Å². The number of benzene rings is 2. The number of pyridine rings is 1. The Morgan fingerprint density at radius 3 is 2.84 bits per heavy atom. The average Bonchev–Trinajstić information content (AvgIpc) is 3.64. The van der Waals surface area contributed by atoms with Gasteiger partial charge >= 0.3 is 0 Å². The molecule has 4 heterocycles. The molecular weight excluding hydrogens is 482 g/mol. The first-order valence-electron chi connectivity index (χ1n) is 11.8. The quantitative estimate of drug-likeness (QED) is 0.224. The summed E-state index contributed by atoms with van der Waals surface area (Å²) >= 11 is 1.64. The molecule has 0 bridgehead atoms. The van der Waals surface area contributed by atoms with Crippen LogP contribution in [0.5, 0.6) is 0 Å². The van der Waals surface area contributed by atoms with E-state index in [9.17, 15) is 9.59 Å². The predicted molar refractivity (Wildman–Crippen MR) is 147 cm³/mol. The van der Waals surface area contributed by atoms with Crippen LogP contribution in [0.15, 0.2) is 72.8 Å². The second-order valence-corrected chi connectivity index (χ2v) is 10.1. The number of hydrogen-bond donors (Lipinski definition) is 2. The minimum Gasteiger partial charge on any atom is -0.398 e. The van der Waals surface area contributed by atoms with E-state index in [0.29, 0.717) is 30.0 Å². The van der Waals surface area contributed by atoms with E-state index < -0.39 is 0 Å². The molecule has 0 radical (unpaired) electrons. The van der Waals surface area contributed by atoms with E-state index >= 15 is 0 Å². The van der Waals surface area contributed by atoms with Gasteiger partial charge in [0.2, 0.25) is 0 Å². The maximum absolute atomic E-state index is 13.4. The Morgan fingerprint density at radius 1 is 1.19 bits per heavy atom. The number of thiophene rings is 1. The van der Waals surface area contributed by atoms with Crippen LogP contribution in [0, 0.1) is 0 Å². The number of nitrogens with one attached hydrogen (secondary N) is 1. The first kappa shape index (κ1) is 22.9. The van der Waals surface area contributed by atoms with Crippen molar-refractivity contribution in [1.82, 2.24) is 20.1 Å². The summed E-state index contributed by atoms with van der Waals surface area (Å²) in [6.45, 7) is 6.39. The maximum Gasteiger partial charge on any atom is 0.256 e. The molecule has 7 nitrogen and oxygen atoms in total. The molecule has 6 rings (SSSR count). The van der Waals surface area contributed by atoms with Crippen molar-refractivity contribution in [2.24, 2.45) is 0 Å². The second kappa shape index (κ2) is 8.83. The number of amides is 1. The molecule has 37 heavy (non-hydrogen) atoms. The molecule has 0 fully saturated rings. The lowest BCUT2D eigenvalue weighted by Gasteiger charge is -2.18. The Kier molecular flexibility index (Phi) is 5.46. The van der Waals surface area contributed by atoms with Gasteiger partial charge in [0.1, 0.15) is 11.4 Å². The molecule has 0 saturated heterocycles. The van der Waals surface area contributed by atoms with Crippen LogP contribution in [0.4, 0.5) is 5.69 Å². The van der Waals surface area contributed by atoms with Gasteiger partial charge in [0.05, 0.1) is 16.0 Å². The summed E-state index contributed by atoms with van der Waals surface area (Å²) in [5.74, 6) is -0.242. The van der Waals surface area contributed by atoms with E-state index in [1.165, 1.54) is 6.92 Å². The van der Waals surface area contributed by atoms with Crippen LogP contribution < -0.4 is 5.73 Å². The highest BCUT2D eigenvalue weighted by atomic mass is 32.1. The monoisotopic (exact) mass is 505 g/mol. The van der Waals surface area contributed by atoms with Gasteiger partial charge in [0.25, 0.3) is 5.91 Å². The third kappa shape index (κ3) is 3.91. The van der Waals surface area contributed by atoms with Gasteiger partial charge in [0.15, 0.2) is 5.78 Å². The number of nitrogen functional groups attached to an aromatic ring is 1. The Hall–Kier alpha value is -4.56. The summed E-state index contributed by atoms with van der Waals surface area (Å²) in [5, 5.41) is 10.7. The fourth-order valence-corrected chi connectivity index (χ4v) is 5.58. The summed E-state index contributed by atoms with van der Waals surface area (Å²) in [6, 6.07) is 17.5. The van der Waals surface area contributed by atoms with Crippen molar-refractivity contribution in [3.63, 3.8) is 0 Å². The van der Waals surface area contributed by atoms with E-state index in [1.54, 1.807) is 40.6 Å². The van der Waals surface area contributed by atoms with E-state index in [2.05, 4.69) is 33.9 Å². The molecule has 1 aliphatic heterocycles. The lowest BCUT2D eigenvalue weighted by atomic mass is 9.94. The van der Waals surface area contributed by atoms with Crippen molar-refractivity contribution in [2.75, 3.05) is 12.3 Å². The summed E-state index contributed by atoms with van der Waals surface area (Å²) < 4.78 is 0. The van der Waals surface area contributed by atoms with Gasteiger partial charge in [-0.15, -0.1) is 11.3 Å². The van der Waals surface area contributed by atoms with Crippen LogP contribution in [0.2, 0.25) is 0 Å². The van der Waals surface area contributed by atoms with Crippen LogP contribution >= 0.6 is 11.3 Å². The number of nitrogens with zero attached hydrogens (tertiary/aromatic N) is 3. The number of aromatic amines is 1. The minimum atomic E-state index is -0.125. The van der Waals surface area contributed by atoms with Gasteiger partial charge in [-0.05, 0) is 69.6 Å². The first-order valence-corrected chi connectivity index (χ1v) is 12.7. The minimum absolute atomic E-state index is 0.117. The van der Waals surface area contributed by atoms with Crippen LogP contribution in [0.3, 0.4) is 0 Å². The predicted octanol–water partition coefficient (Wildman–Crippen LogP) is 5.81. The highest BCUT2D eigenvalue weighted by Crippen LogP contribution is 2.39. The number of aromatic nitrogens is 3. The molecule has 3 N–H and O–H groups in total. The smallest absolute Gasteiger partial charge is 0.256 e. The molecule has 0 atom stereocenters. The van der Waals surface area contributed by atoms with E-state index in [-0.39, 0.29) is 11.7 Å². The molecule has 0 spiro atoms. The molecule has 1 aliphatic rings. The number of H-pyrrole nitrogens is 1. The standard InChI is InChI=1S/C29H23N5O2S/c1-16(18-9-10-31-25(13-18)17(2)35)14-34-15-22-20(6-7-23(30)27(22)29(34)36)19-5-8-24-21(12-19)28(33-32-24)26-4-3-11-37-26/h3-13H,1,14-15,30H2,2H3,(H,32,33). The fourth-order valence-electron chi connectivity index (χ4n) is 4.85. The van der Waals surface area contributed by atoms with Crippen molar-refractivity contribution in [2.45, 2.75) is 13.5 Å². The zero-order chi connectivity index (χ0) is 25.7. The third-order valence-corrected chi connectivity index (χ3v) is 7.61. The molecule has 8 heteroatoms. The molecular formula is C29H23N5O2S. The number of ketones is 1. The lowest BCUT2D eigenvalue weighted by Crippen LogP contribution is -2.26. The Labute approximate surface area is 217 Å². The number of nitrogens with two attached hydrogens (primary N) is 1. The largest absolute Gasteiger partial charge is 0.398 e. The number of Topliss-reactive ketones (excluding diaryl/α,β-unsaturated/α-hetero) is 1. The molecule has 0 unspecified atom stereocenters. The first-order chi connectivity index (χ1) is 17.9. The highest BCUT2D eigenvalue weighted by Gasteiger charge is 2.32. The summed E-state index contributed by atoms with van der Waals surface area (Å²) in [7, 11) is 0. The Balaban J connectivity index is 1.35. The topological polar surface area (TPSA) is 105 Å². The number of carbonyl (C=O) groups excluding carboxylic acids is 2. The molecule has 0 aliphatic carbocycles. The highest BCUT2D eigenvalue weighted by molar-refractivity contribution is 7.13. The van der Waals surface area contributed by atoms with Crippen molar-refractivity contribution in [1.29, 1.82) is 0 Å². The Morgan fingerprint density at radius 2 is 2.05 bits per heavy atom. The van der Waals surface area contributed by atoms with Crippen LogP contribution in [0.25, 0.3) is 38.2 Å². The SMILES string of the molecule is C=C(CN1Cc2c(-c3ccc4[nH]nc(-c5cccs5)c4c3)ccc(N)c2C1=O)c1ccnc(C(C)=O)c1. The lowest BCUT2D eigenvalue weighted by molar-refractivity contribution is 0.0799. The number of fused-ring (bicyclic) bond motifs is 2. The molecule has 0 saturated carbocycles. The summed E-state index contributed by atoms with van der Waals surface area (Å²) in [5.41, 5.74) is 13.9. The number of anilines is 1. The van der Waals surface area contributed by atoms with Crippen molar-refractivity contribution in [3.8, 4) is 21.7 Å². The second-order valence-electron chi connectivity index (χ2n) is 9.12. The molecule has 2 aromatic carbocycles. The summed E-state index contributed by atoms with van der Waals surface area (Å²) in [4.78, 5) is 32.1. The zero-order valence-corrected chi connectivity index (χ0v) is 20.9. The van der Waals surface area contributed by atoms with Crippen LogP contribution in [-0.2, 0) is 6.54 Å². The normalized spacial score (nSPS) is 12.8. The average molecular weight is 506 g/mol. The Bertz CT molecular complexity index is 1720. The van der Waals surface area contributed by atoms with Gasteiger partial charge in [-0.2, -0.15) is 5.10 Å². The van der Waals surface area contributed by atoms with Gasteiger partial charge in [0, 0.05) is 37.3 Å². The van der Waals surface area contributed by atoms with Crippen molar-refractivity contribution < 1.29 is 9.59 Å². The van der Waals surface area contributed by atoms with Gasteiger partial charge in [-0.25, -0.2) is 0 Å². The van der Waals surface area contributed by atoms with Gasteiger partial charge in [-0.3, -0.25) is 19.7 Å².